The molecule has 0 atom stereocenters. The average Bonchev–Trinajstić information content (AvgIpc) is 2.94. The van der Waals surface area contributed by atoms with Crippen molar-refractivity contribution >= 4 is 23.6 Å². The molecule has 9 nitrogen and oxygen atoms in total. The summed E-state index contributed by atoms with van der Waals surface area (Å²) in [7, 11) is 3.02. The lowest BCUT2D eigenvalue weighted by Gasteiger charge is -2.16. The maximum absolute atomic E-state index is 13.2. The Morgan fingerprint density at radius 1 is 1.26 bits per heavy atom. The van der Waals surface area contributed by atoms with Gasteiger partial charge in [-0.15, -0.1) is 0 Å². The summed E-state index contributed by atoms with van der Waals surface area (Å²) in [6.07, 6.45) is -0.254. The Labute approximate surface area is 155 Å². The Bertz CT molecular complexity index is 721. The number of benzene rings is 1. The normalized spacial score (nSPS) is 16.4. The van der Waals surface area contributed by atoms with Gasteiger partial charge in [-0.1, -0.05) is 0 Å². The van der Waals surface area contributed by atoms with E-state index in [1.165, 1.54) is 19.1 Å². The first kappa shape index (κ1) is 21.9. The number of methoxy groups -OCH3 is 2. The molecule has 1 fully saturated rings. The number of rotatable bonds is 3. The third kappa shape index (κ3) is 7.34. The highest BCUT2D eigenvalue weighted by Crippen LogP contribution is 2.31. The number of nitrogens with zero attached hydrogens (tertiary/aromatic N) is 3. The number of aliphatic carboxylic acids is 1. The summed E-state index contributed by atoms with van der Waals surface area (Å²) in [5.41, 5.74) is 11.9. The van der Waals surface area contributed by atoms with Gasteiger partial charge in [0.1, 0.15) is 0 Å². The van der Waals surface area contributed by atoms with E-state index in [0.29, 0.717) is 17.2 Å². The third-order valence-electron chi connectivity index (χ3n) is 3.33. The molecule has 0 aromatic heterocycles. The lowest BCUT2D eigenvalue weighted by Crippen LogP contribution is -2.38. The fraction of sp³-hybridized carbons (Fsp3) is 0.438. The van der Waals surface area contributed by atoms with Crippen molar-refractivity contribution in [3.63, 3.8) is 0 Å². The van der Waals surface area contributed by atoms with Gasteiger partial charge in [-0.05, 0) is 12.1 Å². The minimum atomic E-state index is -2.75. The number of guanidine groups is 2. The number of carboxylic acid groups (broad SMARTS) is 1. The topological polar surface area (TPSA) is 136 Å². The molecule has 0 bridgehead atoms. The van der Waals surface area contributed by atoms with Crippen molar-refractivity contribution in [2.75, 3.05) is 27.3 Å². The molecule has 1 aromatic carbocycles. The van der Waals surface area contributed by atoms with E-state index in [0.717, 1.165) is 6.92 Å². The summed E-state index contributed by atoms with van der Waals surface area (Å²) in [6, 6.07) is 4.93. The standard InChI is InChI=1S/C14H19F2N5O2.C2H4O2/c1-22-10-4-3-9(7-11(10)23-2)19-12(17)20-13(18)21-6-5-14(15,16)8-21;1-2(3)4/h3-4,7H,5-6,8H2,1-2H3,(H4,17,18,19,20);1H3,(H,3,4). The zero-order valence-electron chi connectivity index (χ0n) is 15.3. The first-order valence-corrected chi connectivity index (χ1v) is 7.80. The van der Waals surface area contributed by atoms with Gasteiger partial charge >= 0.3 is 0 Å². The molecule has 1 aliphatic rings. The number of carbonyl (C=O) groups is 1. The van der Waals surface area contributed by atoms with E-state index in [9.17, 15) is 8.78 Å². The Morgan fingerprint density at radius 2 is 1.85 bits per heavy atom. The van der Waals surface area contributed by atoms with Crippen LogP contribution in [0.25, 0.3) is 0 Å². The van der Waals surface area contributed by atoms with E-state index in [4.69, 9.17) is 30.8 Å². The Morgan fingerprint density at radius 3 is 2.33 bits per heavy atom. The van der Waals surface area contributed by atoms with Crippen molar-refractivity contribution in [1.29, 1.82) is 0 Å². The second-order valence-electron chi connectivity index (χ2n) is 5.53. The molecule has 11 heteroatoms. The fourth-order valence-electron chi connectivity index (χ4n) is 2.17. The van der Waals surface area contributed by atoms with Crippen LogP contribution in [0.1, 0.15) is 13.3 Å². The largest absolute Gasteiger partial charge is 0.493 e. The Balaban J connectivity index is 0.000000828. The van der Waals surface area contributed by atoms with Crippen LogP contribution in [0.2, 0.25) is 0 Å². The van der Waals surface area contributed by atoms with Crippen molar-refractivity contribution < 1.29 is 28.2 Å². The minimum Gasteiger partial charge on any atom is -0.493 e. The average molecular weight is 387 g/mol. The molecule has 1 heterocycles. The molecular weight excluding hydrogens is 364 g/mol. The SMILES string of the molecule is CC(=O)O.COc1ccc(N=C(N)N=C(N)N2CCC(F)(F)C2)cc1OC. The summed E-state index contributed by atoms with van der Waals surface area (Å²) < 4.78 is 36.6. The minimum absolute atomic E-state index is 0.0797. The monoisotopic (exact) mass is 387 g/mol. The van der Waals surface area contributed by atoms with Gasteiger partial charge in [-0.2, -0.15) is 4.99 Å². The number of alkyl halides is 2. The summed E-state index contributed by atoms with van der Waals surface area (Å²) in [5, 5.41) is 7.42. The lowest BCUT2D eigenvalue weighted by molar-refractivity contribution is -0.134. The first-order chi connectivity index (χ1) is 12.6. The second-order valence-corrected chi connectivity index (χ2v) is 5.53. The quantitative estimate of drug-likeness (QED) is 0.527. The molecule has 0 saturated carbocycles. The van der Waals surface area contributed by atoms with Gasteiger partial charge in [0.25, 0.3) is 11.9 Å². The number of carboxylic acids is 1. The van der Waals surface area contributed by atoms with Gasteiger partial charge in [0, 0.05) is 26.0 Å². The molecule has 150 valence electrons. The number of hydrogen-bond acceptors (Lipinski definition) is 4. The van der Waals surface area contributed by atoms with Gasteiger partial charge in [-0.25, -0.2) is 13.8 Å². The van der Waals surface area contributed by atoms with E-state index in [1.807, 2.05) is 0 Å². The third-order valence-corrected chi connectivity index (χ3v) is 3.33. The highest BCUT2D eigenvalue weighted by molar-refractivity contribution is 5.94. The van der Waals surface area contributed by atoms with E-state index in [1.54, 1.807) is 18.2 Å². The molecule has 1 aromatic rings. The molecule has 0 amide bonds. The van der Waals surface area contributed by atoms with Crippen LogP contribution in [-0.4, -0.2) is 61.1 Å². The fourth-order valence-corrected chi connectivity index (χ4v) is 2.17. The second kappa shape index (κ2) is 9.55. The molecule has 0 unspecified atom stereocenters. The van der Waals surface area contributed by atoms with E-state index < -0.39 is 18.4 Å². The first-order valence-electron chi connectivity index (χ1n) is 7.80. The zero-order chi connectivity index (χ0) is 20.6. The van der Waals surface area contributed by atoms with Gasteiger partial charge in [0.05, 0.1) is 26.5 Å². The van der Waals surface area contributed by atoms with Crippen LogP contribution in [0.5, 0.6) is 11.5 Å². The molecule has 27 heavy (non-hydrogen) atoms. The van der Waals surface area contributed by atoms with Crippen LogP contribution in [0, 0.1) is 0 Å². The molecule has 1 aliphatic heterocycles. The Kier molecular flexibility index (Phi) is 7.76. The highest BCUT2D eigenvalue weighted by Gasteiger charge is 2.39. The lowest BCUT2D eigenvalue weighted by atomic mass is 10.3. The molecular formula is C16H23F2N5O4. The van der Waals surface area contributed by atoms with Crippen LogP contribution in [0.3, 0.4) is 0 Å². The van der Waals surface area contributed by atoms with Crippen molar-refractivity contribution in [2.24, 2.45) is 21.5 Å². The maximum Gasteiger partial charge on any atom is 0.300 e. The molecule has 0 aliphatic carbocycles. The molecule has 5 N–H and O–H groups in total. The molecule has 0 spiro atoms. The van der Waals surface area contributed by atoms with Crippen molar-refractivity contribution in [3.8, 4) is 11.5 Å². The van der Waals surface area contributed by atoms with Crippen LogP contribution in [-0.2, 0) is 4.79 Å². The smallest absolute Gasteiger partial charge is 0.300 e. The molecule has 0 radical (unpaired) electrons. The molecule has 2 rings (SSSR count). The predicted molar refractivity (Wildman–Crippen MR) is 96.9 cm³/mol. The predicted octanol–water partition coefficient (Wildman–Crippen LogP) is 1.40. The van der Waals surface area contributed by atoms with E-state index >= 15 is 0 Å². The number of aliphatic imine (C=N–C) groups is 2. The number of nitrogens with two attached hydrogens (primary N) is 2. The molecule has 1 saturated heterocycles. The van der Waals surface area contributed by atoms with Gasteiger partial charge in [0.2, 0.25) is 5.96 Å². The van der Waals surface area contributed by atoms with Gasteiger partial charge in [-0.3, -0.25) is 4.79 Å². The number of halogens is 2. The summed E-state index contributed by atoms with van der Waals surface area (Å²) in [6.45, 7) is 0.748. The van der Waals surface area contributed by atoms with Crippen molar-refractivity contribution in [1.82, 2.24) is 4.90 Å². The van der Waals surface area contributed by atoms with Crippen LogP contribution in [0.4, 0.5) is 14.5 Å². The zero-order valence-corrected chi connectivity index (χ0v) is 15.3. The maximum atomic E-state index is 13.2. The summed E-state index contributed by atoms with van der Waals surface area (Å²) in [5.74, 6) is -2.77. The van der Waals surface area contributed by atoms with Crippen molar-refractivity contribution in [2.45, 2.75) is 19.3 Å². The van der Waals surface area contributed by atoms with Crippen LogP contribution in [0.15, 0.2) is 28.2 Å². The highest BCUT2D eigenvalue weighted by atomic mass is 19.3. The number of likely N-dealkylation sites (tertiary alicyclic amines) is 1. The van der Waals surface area contributed by atoms with E-state index in [2.05, 4.69) is 9.98 Å². The van der Waals surface area contributed by atoms with Crippen LogP contribution >= 0.6 is 0 Å². The number of ether oxygens (including phenoxy) is 2. The van der Waals surface area contributed by atoms with Crippen LogP contribution < -0.4 is 20.9 Å². The van der Waals surface area contributed by atoms with Crippen molar-refractivity contribution in [3.05, 3.63) is 18.2 Å². The Hall–Kier alpha value is -3.11. The van der Waals surface area contributed by atoms with Gasteiger partial charge < -0.3 is 30.9 Å². The summed E-state index contributed by atoms with van der Waals surface area (Å²) >= 11 is 0. The van der Waals surface area contributed by atoms with Gasteiger partial charge in [0.15, 0.2) is 17.5 Å². The summed E-state index contributed by atoms with van der Waals surface area (Å²) in [4.78, 5) is 18.2. The number of hydrogen-bond donors (Lipinski definition) is 3. The van der Waals surface area contributed by atoms with E-state index in [-0.39, 0.29) is 24.9 Å².